The Kier molecular flexibility index (Phi) is 5.68. The van der Waals surface area contributed by atoms with Gasteiger partial charge in [0.2, 0.25) is 0 Å². The van der Waals surface area contributed by atoms with E-state index < -0.39 is 0 Å². The molecule has 0 heterocycles. The lowest BCUT2D eigenvalue weighted by Crippen LogP contribution is -2.30. The highest BCUT2D eigenvalue weighted by molar-refractivity contribution is 7.36. The molecular weight excluding hydrogens is 309 g/mol. The highest BCUT2D eigenvalue weighted by atomic mass is 31.1. The zero-order valence-corrected chi connectivity index (χ0v) is 17.0. The van der Waals surface area contributed by atoms with E-state index in [4.69, 9.17) is 0 Å². The third-order valence-corrected chi connectivity index (χ3v) is 5.98. The monoisotopic (exact) mass is 339 g/mol. The molecule has 0 saturated carbocycles. The lowest BCUT2D eigenvalue weighted by Gasteiger charge is -2.27. The highest BCUT2D eigenvalue weighted by Gasteiger charge is 2.18. The minimum absolute atomic E-state index is 0.158. The van der Waals surface area contributed by atoms with Gasteiger partial charge in [-0.1, -0.05) is 44.7 Å². The maximum atomic E-state index is 4.02. The molecule has 2 rings (SSSR count). The van der Waals surface area contributed by atoms with E-state index in [0.717, 1.165) is 0 Å². The Hall–Kier alpha value is -1.43. The van der Waals surface area contributed by atoms with Crippen LogP contribution in [-0.2, 0) is 0 Å². The van der Waals surface area contributed by atoms with Crippen LogP contribution in [0.3, 0.4) is 0 Å². The van der Waals surface area contributed by atoms with Gasteiger partial charge in [0, 0.05) is 5.54 Å². The zero-order chi connectivity index (χ0) is 18.1. The maximum Gasteiger partial charge on any atom is 0.0203 e. The Morgan fingerprint density at radius 1 is 1.12 bits per heavy atom. The van der Waals surface area contributed by atoms with Crippen LogP contribution < -0.4 is 0 Å². The summed E-state index contributed by atoms with van der Waals surface area (Å²) in [6.07, 6.45) is 1.98. The van der Waals surface area contributed by atoms with Gasteiger partial charge in [-0.15, -0.1) is 0 Å². The summed E-state index contributed by atoms with van der Waals surface area (Å²) >= 11 is 0. The van der Waals surface area contributed by atoms with Crippen molar-refractivity contribution in [3.8, 4) is 11.1 Å². The van der Waals surface area contributed by atoms with Gasteiger partial charge in [0.25, 0.3) is 0 Å². The van der Waals surface area contributed by atoms with Crippen LogP contribution >= 0.6 is 8.35 Å². The number of hydrogen-bond acceptors (Lipinski definition) is 1. The number of rotatable bonds is 4. The second kappa shape index (κ2) is 7.21. The molecule has 0 fully saturated rings. The minimum Gasteiger partial charge on any atom is -0.255 e. The van der Waals surface area contributed by atoms with Crippen molar-refractivity contribution in [1.82, 2.24) is 4.67 Å². The summed E-state index contributed by atoms with van der Waals surface area (Å²) in [4.78, 5) is 0. The van der Waals surface area contributed by atoms with Crippen LogP contribution in [0.1, 0.15) is 62.8 Å². The van der Waals surface area contributed by atoms with E-state index in [1.807, 2.05) is 6.08 Å². The molecule has 24 heavy (non-hydrogen) atoms. The molecule has 0 spiro atoms. The molecular formula is C22H30NP. The number of hydrogen-bond donors (Lipinski definition) is 0. The Morgan fingerprint density at radius 2 is 1.79 bits per heavy atom. The van der Waals surface area contributed by atoms with Gasteiger partial charge >= 0.3 is 0 Å². The summed E-state index contributed by atoms with van der Waals surface area (Å²) in [6.45, 7) is 17.5. The lowest BCUT2D eigenvalue weighted by molar-refractivity contribution is 0.317. The summed E-state index contributed by atoms with van der Waals surface area (Å²) in [5.41, 5.74) is 8.05. The summed E-state index contributed by atoms with van der Waals surface area (Å²) in [6, 6.07) is 9.14. The standard InChI is InChI=1S/C22H30NP/c1-9-17-12-19(14-24-23(8)22(5,6)7)20-13-18(15(2)3)11-10-16(4)21(17)20/h9-15H,1H2,2-8H3. The molecule has 0 aromatic carbocycles. The zero-order valence-electron chi connectivity index (χ0n) is 16.1. The molecule has 0 atom stereocenters. The predicted octanol–water partition coefficient (Wildman–Crippen LogP) is 6.61. The molecule has 2 aliphatic rings. The van der Waals surface area contributed by atoms with Crippen molar-refractivity contribution in [2.24, 2.45) is 0 Å². The van der Waals surface area contributed by atoms with E-state index in [0.29, 0.717) is 5.92 Å². The Morgan fingerprint density at radius 3 is 2.33 bits per heavy atom. The lowest BCUT2D eigenvalue weighted by atomic mass is 10.0. The van der Waals surface area contributed by atoms with Gasteiger partial charge in [0.1, 0.15) is 0 Å². The number of aryl methyl sites for hydroxylation is 1. The summed E-state index contributed by atoms with van der Waals surface area (Å²) in [5, 5.41) is 0. The van der Waals surface area contributed by atoms with E-state index in [2.05, 4.69) is 89.9 Å². The van der Waals surface area contributed by atoms with Crippen molar-refractivity contribution >= 4 is 20.2 Å². The van der Waals surface area contributed by atoms with E-state index in [1.54, 1.807) is 0 Å². The number of fused-ring (bicyclic) bond motifs is 1. The van der Waals surface area contributed by atoms with Gasteiger partial charge in [0.05, 0.1) is 0 Å². The summed E-state index contributed by atoms with van der Waals surface area (Å²) in [7, 11) is 3.38. The Bertz CT molecular complexity index is 735. The first-order valence-electron chi connectivity index (χ1n) is 8.62. The van der Waals surface area contributed by atoms with E-state index in [-0.39, 0.29) is 5.54 Å². The van der Waals surface area contributed by atoms with Crippen LogP contribution in [0.15, 0.2) is 30.8 Å². The van der Waals surface area contributed by atoms with Crippen molar-refractivity contribution in [2.45, 2.75) is 53.0 Å². The molecule has 0 aromatic rings. The van der Waals surface area contributed by atoms with Gasteiger partial charge < -0.3 is 0 Å². The quantitative estimate of drug-likeness (QED) is 0.567. The molecule has 2 heteroatoms. The fraction of sp³-hybridized carbons (Fsp3) is 0.409. The van der Waals surface area contributed by atoms with Crippen molar-refractivity contribution < 1.29 is 0 Å². The van der Waals surface area contributed by atoms with Crippen molar-refractivity contribution in [1.29, 1.82) is 0 Å². The molecule has 0 aliphatic heterocycles. The van der Waals surface area contributed by atoms with Crippen LogP contribution in [0, 0.1) is 6.92 Å². The summed E-state index contributed by atoms with van der Waals surface area (Å²) in [5.74, 6) is 2.84. The van der Waals surface area contributed by atoms with Crippen molar-refractivity contribution in [3.63, 3.8) is 0 Å². The Labute approximate surface area is 149 Å². The van der Waals surface area contributed by atoms with Gasteiger partial charge in [0.15, 0.2) is 0 Å². The fourth-order valence-corrected chi connectivity index (χ4v) is 3.54. The van der Waals surface area contributed by atoms with E-state index in [9.17, 15) is 0 Å². The van der Waals surface area contributed by atoms with Gasteiger partial charge in [-0.3, -0.25) is 4.67 Å². The van der Waals surface area contributed by atoms with E-state index >= 15 is 0 Å². The second-order valence-corrected chi connectivity index (χ2v) is 8.89. The van der Waals surface area contributed by atoms with Gasteiger partial charge in [-0.25, -0.2) is 0 Å². The third-order valence-electron chi connectivity index (χ3n) is 4.64. The SMILES string of the molecule is C=Cc1cc(C=PN(C)C(C)(C)C)c2cc(C(C)C)ccc(C)c1-2. The molecule has 128 valence electrons. The van der Waals surface area contributed by atoms with Crippen LogP contribution in [0.5, 0.6) is 0 Å². The normalized spacial score (nSPS) is 12.7. The molecule has 0 unspecified atom stereocenters. The molecule has 0 saturated heterocycles. The first-order valence-corrected chi connectivity index (χ1v) is 9.54. The second-order valence-electron chi connectivity index (χ2n) is 7.80. The smallest absolute Gasteiger partial charge is 0.0203 e. The highest BCUT2D eigenvalue weighted by Crippen LogP contribution is 2.37. The van der Waals surface area contributed by atoms with Crippen molar-refractivity contribution in [3.05, 3.63) is 53.1 Å². The minimum atomic E-state index is 0.158. The topological polar surface area (TPSA) is 3.24 Å². The first kappa shape index (κ1) is 18.9. The van der Waals surface area contributed by atoms with Crippen LogP contribution in [0.4, 0.5) is 0 Å². The molecule has 0 amide bonds. The largest absolute Gasteiger partial charge is 0.255 e. The Balaban J connectivity index is 2.62. The first-order chi connectivity index (χ1) is 11.1. The molecule has 0 aromatic heterocycles. The van der Waals surface area contributed by atoms with Gasteiger partial charge in [-0.05, 0) is 94.3 Å². The average molecular weight is 339 g/mol. The predicted molar refractivity (Wildman–Crippen MR) is 112 cm³/mol. The molecule has 0 bridgehead atoms. The van der Waals surface area contributed by atoms with Crippen LogP contribution in [0.2, 0.25) is 0 Å². The molecule has 0 N–H and O–H groups in total. The molecule has 1 nitrogen and oxygen atoms in total. The number of nitrogens with zero attached hydrogens (tertiary/aromatic N) is 1. The van der Waals surface area contributed by atoms with Crippen LogP contribution in [0.25, 0.3) is 17.2 Å². The molecule has 2 aliphatic carbocycles. The average Bonchev–Trinajstić information content (AvgIpc) is 2.74. The fourth-order valence-electron chi connectivity index (χ4n) is 2.68. The van der Waals surface area contributed by atoms with Crippen LogP contribution in [-0.4, -0.2) is 23.1 Å². The molecule has 0 radical (unpaired) electrons. The summed E-state index contributed by atoms with van der Waals surface area (Å²) < 4.78 is 2.35. The third kappa shape index (κ3) is 3.97. The maximum absolute atomic E-state index is 4.02. The van der Waals surface area contributed by atoms with Crippen molar-refractivity contribution in [2.75, 3.05) is 7.05 Å². The van der Waals surface area contributed by atoms with Gasteiger partial charge in [-0.2, -0.15) is 0 Å². The van der Waals surface area contributed by atoms with E-state index in [1.165, 1.54) is 41.7 Å².